The van der Waals surface area contributed by atoms with Crippen molar-refractivity contribution in [1.29, 1.82) is 0 Å². The van der Waals surface area contributed by atoms with E-state index < -0.39 is 5.97 Å². The molecule has 3 rings (SSSR count). The Balaban J connectivity index is 0.00000361. The van der Waals surface area contributed by atoms with Gasteiger partial charge < -0.3 is 25.9 Å². The molecule has 0 aliphatic heterocycles. The number of carbonyl (C=O) groups is 2. The van der Waals surface area contributed by atoms with Crippen LogP contribution in [-0.2, 0) is 12.8 Å². The summed E-state index contributed by atoms with van der Waals surface area (Å²) >= 11 is 0. The summed E-state index contributed by atoms with van der Waals surface area (Å²) in [5, 5.41) is 19.1. The fraction of sp³-hybridized carbons (Fsp3) is 0.310. The van der Waals surface area contributed by atoms with Crippen LogP contribution >= 0.6 is 0 Å². The number of rotatable bonds is 13. The number of carboxylic acid groups (broad SMARTS) is 1. The van der Waals surface area contributed by atoms with E-state index in [1.165, 1.54) is 25.1 Å². The van der Waals surface area contributed by atoms with Gasteiger partial charge in [-0.05, 0) is 79.4 Å². The molecule has 3 aromatic rings. The van der Waals surface area contributed by atoms with E-state index >= 15 is 0 Å². The topological polar surface area (TPSA) is 102 Å². The third kappa shape index (κ3) is 8.52. The first-order chi connectivity index (χ1) is 17.3. The first-order valence-electron chi connectivity index (χ1n) is 12.1. The SMILES string of the molecule is CCCc1cc(Oc2ccc(C(=O)O)cc2)ccc1OCCCOc1cc(O)c(C(C)=O)cc1CC.[H-].[Na+]. The van der Waals surface area contributed by atoms with E-state index in [0.29, 0.717) is 48.9 Å². The summed E-state index contributed by atoms with van der Waals surface area (Å²) in [4.78, 5) is 22.7. The average Bonchev–Trinajstić information content (AvgIpc) is 2.85. The van der Waals surface area contributed by atoms with Gasteiger partial charge in [0.15, 0.2) is 5.78 Å². The third-order valence-corrected chi connectivity index (χ3v) is 5.63. The molecule has 0 radical (unpaired) electrons. The van der Waals surface area contributed by atoms with Crippen molar-refractivity contribution in [2.24, 2.45) is 0 Å². The Hall–Kier alpha value is -3.00. The number of aromatic hydroxyl groups is 1. The van der Waals surface area contributed by atoms with Crippen LogP contribution in [0.15, 0.2) is 54.6 Å². The van der Waals surface area contributed by atoms with Crippen molar-refractivity contribution in [2.45, 2.75) is 46.5 Å². The Bertz CT molecular complexity index is 1210. The van der Waals surface area contributed by atoms with Crippen molar-refractivity contribution in [3.63, 3.8) is 0 Å². The number of ether oxygens (including phenoxy) is 3. The zero-order valence-corrected chi connectivity index (χ0v) is 23.9. The summed E-state index contributed by atoms with van der Waals surface area (Å²) < 4.78 is 17.8. The Labute approximate surface area is 241 Å². The molecule has 7 nitrogen and oxygen atoms in total. The molecule has 0 aliphatic carbocycles. The Morgan fingerprint density at radius 3 is 2.11 bits per heavy atom. The summed E-state index contributed by atoms with van der Waals surface area (Å²) in [5.41, 5.74) is 2.40. The molecule has 0 aromatic heterocycles. The first kappa shape index (κ1) is 30.2. The van der Waals surface area contributed by atoms with Crippen LogP contribution in [0, 0.1) is 0 Å². The van der Waals surface area contributed by atoms with Crippen LogP contribution in [0.2, 0.25) is 0 Å². The van der Waals surface area contributed by atoms with Crippen LogP contribution in [0.1, 0.15) is 66.9 Å². The molecule has 0 saturated heterocycles. The molecule has 0 bridgehead atoms. The van der Waals surface area contributed by atoms with Gasteiger partial charge in [-0.2, -0.15) is 0 Å². The van der Waals surface area contributed by atoms with E-state index in [1.807, 2.05) is 25.1 Å². The van der Waals surface area contributed by atoms with E-state index in [0.717, 1.165) is 29.7 Å². The van der Waals surface area contributed by atoms with Gasteiger partial charge in [-0.15, -0.1) is 0 Å². The standard InChI is InChI=1S/C29H32O7.Na.H/c1-4-7-22-16-24(36-23-10-8-21(9-11-23)29(32)33)12-13-27(22)34-14-6-15-35-28-18-26(31)25(19(3)30)17-20(28)5-2;;/h8-13,16-18,31H,4-7,14-15H2,1-3H3,(H,32,33);;/q;+1;-1. The van der Waals surface area contributed by atoms with Gasteiger partial charge in [-0.25, -0.2) is 4.79 Å². The van der Waals surface area contributed by atoms with Crippen LogP contribution < -0.4 is 43.8 Å². The molecule has 0 atom stereocenters. The number of Topliss-reactive ketones (excluding diaryl/α,β-unsaturated/α-hetero) is 1. The van der Waals surface area contributed by atoms with Crippen molar-refractivity contribution >= 4 is 11.8 Å². The maximum Gasteiger partial charge on any atom is 1.00 e. The number of phenolic OH excluding ortho intramolecular Hbond substituents is 1. The normalized spacial score (nSPS) is 10.4. The summed E-state index contributed by atoms with van der Waals surface area (Å²) in [6, 6.07) is 15.1. The van der Waals surface area contributed by atoms with Gasteiger partial charge >= 0.3 is 35.5 Å². The molecule has 3 aromatic carbocycles. The second-order valence-corrected chi connectivity index (χ2v) is 8.39. The Morgan fingerprint density at radius 1 is 0.865 bits per heavy atom. The first-order valence-corrected chi connectivity index (χ1v) is 12.1. The zero-order valence-electron chi connectivity index (χ0n) is 22.9. The van der Waals surface area contributed by atoms with E-state index in [9.17, 15) is 14.7 Å². The number of phenols is 1. The van der Waals surface area contributed by atoms with E-state index in [-0.39, 0.29) is 48.1 Å². The molecule has 0 fully saturated rings. The van der Waals surface area contributed by atoms with Crippen LogP contribution in [0.5, 0.6) is 28.7 Å². The van der Waals surface area contributed by atoms with Gasteiger partial charge in [0.2, 0.25) is 0 Å². The fourth-order valence-electron chi connectivity index (χ4n) is 3.76. The average molecular weight is 517 g/mol. The number of hydrogen-bond acceptors (Lipinski definition) is 6. The molecule has 0 spiro atoms. The molecule has 0 heterocycles. The molecule has 0 unspecified atom stereocenters. The molecular weight excluding hydrogens is 483 g/mol. The number of hydrogen-bond donors (Lipinski definition) is 2. The minimum Gasteiger partial charge on any atom is -1.00 e. The van der Waals surface area contributed by atoms with Gasteiger partial charge in [-0.1, -0.05) is 20.3 Å². The molecular formula is C29H33NaO7. The van der Waals surface area contributed by atoms with Crippen LogP contribution in [0.25, 0.3) is 0 Å². The van der Waals surface area contributed by atoms with Gasteiger partial charge in [0.05, 0.1) is 24.3 Å². The number of aryl methyl sites for hydroxylation is 2. The second-order valence-electron chi connectivity index (χ2n) is 8.39. The summed E-state index contributed by atoms with van der Waals surface area (Å²) in [6.07, 6.45) is 3.08. The van der Waals surface area contributed by atoms with Crippen molar-refractivity contribution in [3.05, 3.63) is 76.9 Å². The van der Waals surface area contributed by atoms with Crippen LogP contribution in [0.3, 0.4) is 0 Å². The smallest absolute Gasteiger partial charge is 1.00 e. The summed E-state index contributed by atoms with van der Waals surface area (Å²) in [6.45, 7) is 6.35. The minimum atomic E-state index is -0.978. The molecule has 0 amide bonds. The zero-order chi connectivity index (χ0) is 26.1. The minimum absolute atomic E-state index is 0. The maximum absolute atomic E-state index is 11.7. The number of carboxylic acids is 1. The van der Waals surface area contributed by atoms with E-state index in [4.69, 9.17) is 19.3 Å². The van der Waals surface area contributed by atoms with Gasteiger partial charge in [0.1, 0.15) is 28.7 Å². The third-order valence-electron chi connectivity index (χ3n) is 5.63. The molecule has 0 aliphatic rings. The number of benzene rings is 3. The summed E-state index contributed by atoms with van der Waals surface area (Å²) in [7, 11) is 0. The molecule has 8 heteroatoms. The van der Waals surface area contributed by atoms with Crippen LogP contribution in [0.4, 0.5) is 0 Å². The largest absolute Gasteiger partial charge is 1.00 e. The predicted molar refractivity (Wildman–Crippen MR) is 138 cm³/mol. The Kier molecular flexibility index (Phi) is 12.0. The van der Waals surface area contributed by atoms with Crippen LogP contribution in [-0.4, -0.2) is 35.2 Å². The number of carbonyl (C=O) groups excluding carboxylic acids is 1. The quantitative estimate of drug-likeness (QED) is 0.203. The van der Waals surface area contributed by atoms with Crippen molar-refractivity contribution in [2.75, 3.05) is 13.2 Å². The monoisotopic (exact) mass is 516 g/mol. The van der Waals surface area contributed by atoms with Gasteiger partial charge in [0.25, 0.3) is 0 Å². The molecule has 0 saturated carbocycles. The fourth-order valence-corrected chi connectivity index (χ4v) is 3.76. The predicted octanol–water partition coefficient (Wildman–Crippen LogP) is 3.56. The molecule has 37 heavy (non-hydrogen) atoms. The van der Waals surface area contributed by atoms with Crippen molar-refractivity contribution < 1.29 is 65.0 Å². The van der Waals surface area contributed by atoms with E-state index in [1.54, 1.807) is 18.2 Å². The van der Waals surface area contributed by atoms with Crippen molar-refractivity contribution in [1.82, 2.24) is 0 Å². The molecule has 192 valence electrons. The van der Waals surface area contributed by atoms with Gasteiger partial charge in [0, 0.05) is 12.5 Å². The van der Waals surface area contributed by atoms with Crippen molar-refractivity contribution in [3.8, 4) is 28.7 Å². The number of ketones is 1. The summed E-state index contributed by atoms with van der Waals surface area (Å²) in [5.74, 6) is 1.33. The Morgan fingerprint density at radius 2 is 1.51 bits per heavy atom. The maximum atomic E-state index is 11.7. The van der Waals surface area contributed by atoms with Gasteiger partial charge in [-0.3, -0.25) is 4.79 Å². The second kappa shape index (κ2) is 14.7. The number of aromatic carboxylic acids is 1. The van der Waals surface area contributed by atoms with E-state index in [2.05, 4.69) is 6.92 Å². The molecule has 2 N–H and O–H groups in total.